The Kier molecular flexibility index (Phi) is 3.70. The predicted molar refractivity (Wildman–Crippen MR) is 56.9 cm³/mol. The number of halogens is 3. The summed E-state index contributed by atoms with van der Waals surface area (Å²) in [5.74, 6) is -1.96. The molecule has 1 unspecified atom stereocenters. The number of alkyl halides is 3. The van der Waals surface area contributed by atoms with E-state index in [4.69, 9.17) is 5.11 Å². The average Bonchev–Trinajstić information content (AvgIpc) is 2.51. The molecule has 18 heavy (non-hydrogen) atoms. The lowest BCUT2D eigenvalue weighted by Crippen LogP contribution is -2.59. The summed E-state index contributed by atoms with van der Waals surface area (Å²) >= 11 is 0. The zero-order valence-electron chi connectivity index (χ0n) is 10.2. The summed E-state index contributed by atoms with van der Waals surface area (Å²) in [6, 6.07) is 1.59. The summed E-state index contributed by atoms with van der Waals surface area (Å²) in [6.45, 7) is 2.06. The molecule has 0 aliphatic rings. The molecule has 1 atom stereocenters. The smallest absolute Gasteiger partial charge is 0.417 e. The second-order valence-corrected chi connectivity index (χ2v) is 4.18. The van der Waals surface area contributed by atoms with Gasteiger partial charge < -0.3 is 5.11 Å². The number of nitrogens with zero attached hydrogens (tertiary/aromatic N) is 2. The summed E-state index contributed by atoms with van der Waals surface area (Å²) in [5, 5.41) is 14.7. The van der Waals surface area contributed by atoms with Gasteiger partial charge in [-0.15, -0.1) is 0 Å². The van der Waals surface area contributed by atoms with Gasteiger partial charge in [0.05, 0.1) is 11.4 Å². The zero-order chi connectivity index (χ0) is 14.1. The van der Waals surface area contributed by atoms with Crippen molar-refractivity contribution in [2.24, 2.45) is 7.05 Å². The molecule has 0 saturated carbocycles. The van der Waals surface area contributed by atoms with Gasteiger partial charge in [-0.2, -0.15) is 18.3 Å². The number of nitrogens with one attached hydrogen (secondary N) is 1. The van der Waals surface area contributed by atoms with Gasteiger partial charge in [0.15, 0.2) is 0 Å². The van der Waals surface area contributed by atoms with Crippen LogP contribution in [0.25, 0.3) is 0 Å². The third kappa shape index (κ3) is 2.63. The van der Waals surface area contributed by atoms with Crippen LogP contribution in [0, 0.1) is 6.92 Å². The first-order valence-corrected chi connectivity index (χ1v) is 5.12. The first-order valence-electron chi connectivity index (χ1n) is 5.12. The highest BCUT2D eigenvalue weighted by atomic mass is 19.4. The Morgan fingerprint density at radius 2 is 2.11 bits per heavy atom. The molecule has 1 rings (SSSR count). The molecule has 0 radical (unpaired) electrons. The third-order valence-electron chi connectivity index (χ3n) is 2.72. The molecule has 1 aromatic rings. The Morgan fingerprint density at radius 3 is 2.44 bits per heavy atom. The molecule has 102 valence electrons. The number of aromatic nitrogens is 2. The van der Waals surface area contributed by atoms with Gasteiger partial charge in [0.25, 0.3) is 0 Å². The SMILES string of the molecule is Cc1cc(CNC(C)(C(=O)O)C(F)(F)F)n(C)n1. The van der Waals surface area contributed by atoms with Gasteiger partial charge in [-0.05, 0) is 19.9 Å². The van der Waals surface area contributed by atoms with Gasteiger partial charge in [-0.3, -0.25) is 10.00 Å². The lowest BCUT2D eigenvalue weighted by molar-refractivity contribution is -0.206. The fraction of sp³-hybridized carbons (Fsp3) is 0.600. The highest BCUT2D eigenvalue weighted by Gasteiger charge is 2.57. The normalized spacial score (nSPS) is 15.4. The number of rotatable bonds is 4. The maximum absolute atomic E-state index is 12.7. The van der Waals surface area contributed by atoms with E-state index in [1.807, 2.05) is 5.32 Å². The van der Waals surface area contributed by atoms with Crippen molar-refractivity contribution in [3.8, 4) is 0 Å². The van der Waals surface area contributed by atoms with Crippen LogP contribution in [0.4, 0.5) is 13.2 Å². The van der Waals surface area contributed by atoms with Crippen molar-refractivity contribution < 1.29 is 23.1 Å². The summed E-state index contributed by atoms with van der Waals surface area (Å²) in [5.41, 5.74) is -1.85. The van der Waals surface area contributed by atoms with E-state index in [1.54, 1.807) is 20.0 Å². The quantitative estimate of drug-likeness (QED) is 0.859. The van der Waals surface area contributed by atoms with Gasteiger partial charge in [0.2, 0.25) is 5.54 Å². The number of aliphatic carboxylic acids is 1. The second kappa shape index (κ2) is 4.60. The van der Waals surface area contributed by atoms with E-state index >= 15 is 0 Å². The minimum Gasteiger partial charge on any atom is -0.480 e. The van der Waals surface area contributed by atoms with Crippen molar-refractivity contribution in [1.29, 1.82) is 0 Å². The number of hydrogen-bond donors (Lipinski definition) is 2. The fourth-order valence-corrected chi connectivity index (χ4v) is 1.39. The van der Waals surface area contributed by atoms with Crippen LogP contribution < -0.4 is 5.32 Å². The summed E-state index contributed by atoms with van der Waals surface area (Å²) in [6.07, 6.45) is -4.88. The van der Waals surface area contributed by atoms with Gasteiger partial charge >= 0.3 is 12.1 Å². The van der Waals surface area contributed by atoms with Crippen molar-refractivity contribution in [3.63, 3.8) is 0 Å². The minimum atomic E-state index is -4.88. The Hall–Kier alpha value is -1.57. The summed E-state index contributed by atoms with van der Waals surface area (Å²) in [7, 11) is 1.58. The van der Waals surface area contributed by atoms with Crippen LogP contribution >= 0.6 is 0 Å². The highest BCUT2D eigenvalue weighted by molar-refractivity contribution is 5.79. The summed E-state index contributed by atoms with van der Waals surface area (Å²) < 4.78 is 39.5. The Bertz CT molecular complexity index is 456. The molecule has 0 fully saturated rings. The van der Waals surface area contributed by atoms with Gasteiger partial charge in [0.1, 0.15) is 0 Å². The van der Waals surface area contributed by atoms with Crippen LogP contribution in [-0.4, -0.2) is 32.6 Å². The van der Waals surface area contributed by atoms with Crippen LogP contribution in [0.2, 0.25) is 0 Å². The highest BCUT2D eigenvalue weighted by Crippen LogP contribution is 2.30. The molecule has 0 saturated heterocycles. The zero-order valence-corrected chi connectivity index (χ0v) is 10.2. The van der Waals surface area contributed by atoms with Crippen LogP contribution in [0.3, 0.4) is 0 Å². The molecule has 0 aromatic carbocycles. The molecule has 0 spiro atoms. The van der Waals surface area contributed by atoms with E-state index in [2.05, 4.69) is 5.10 Å². The minimum absolute atomic E-state index is 0.236. The van der Waals surface area contributed by atoms with Crippen molar-refractivity contribution >= 4 is 5.97 Å². The first kappa shape index (κ1) is 14.5. The molecular weight excluding hydrogens is 251 g/mol. The van der Waals surface area contributed by atoms with Crippen molar-refractivity contribution in [2.75, 3.05) is 0 Å². The fourth-order valence-electron chi connectivity index (χ4n) is 1.39. The van der Waals surface area contributed by atoms with Crippen LogP contribution in [0.15, 0.2) is 6.07 Å². The maximum Gasteiger partial charge on any atom is 0.417 e. The number of aryl methyl sites for hydroxylation is 2. The molecule has 0 aliphatic heterocycles. The standard InChI is InChI=1S/C10H14F3N3O2/c1-6-4-7(16(3)15-6)5-14-9(2,8(17)18)10(11,12)13/h4,14H,5H2,1-3H3,(H,17,18). The van der Waals surface area contributed by atoms with Gasteiger partial charge in [-0.1, -0.05) is 0 Å². The molecule has 2 N–H and O–H groups in total. The molecule has 0 bridgehead atoms. The maximum atomic E-state index is 12.7. The van der Waals surface area contributed by atoms with E-state index in [-0.39, 0.29) is 6.54 Å². The number of carboxylic acids is 1. The molecule has 0 aliphatic carbocycles. The molecule has 8 heteroatoms. The summed E-state index contributed by atoms with van der Waals surface area (Å²) in [4.78, 5) is 10.8. The van der Waals surface area contributed by atoms with Crippen molar-refractivity contribution in [2.45, 2.75) is 32.1 Å². The largest absolute Gasteiger partial charge is 0.480 e. The molecule has 5 nitrogen and oxygen atoms in total. The topological polar surface area (TPSA) is 67.2 Å². The average molecular weight is 265 g/mol. The number of hydrogen-bond acceptors (Lipinski definition) is 3. The third-order valence-corrected chi connectivity index (χ3v) is 2.72. The van der Waals surface area contributed by atoms with Crippen LogP contribution in [0.1, 0.15) is 18.3 Å². The Balaban J connectivity index is 2.88. The first-order chi connectivity index (χ1) is 8.08. The van der Waals surface area contributed by atoms with Crippen LogP contribution in [-0.2, 0) is 18.4 Å². The molecule has 1 aromatic heterocycles. The van der Waals surface area contributed by atoms with E-state index in [0.29, 0.717) is 18.3 Å². The molecular formula is C10H14F3N3O2. The van der Waals surface area contributed by atoms with Gasteiger partial charge in [-0.25, -0.2) is 4.79 Å². The second-order valence-electron chi connectivity index (χ2n) is 4.18. The monoisotopic (exact) mass is 265 g/mol. The van der Waals surface area contributed by atoms with Crippen LogP contribution in [0.5, 0.6) is 0 Å². The lowest BCUT2D eigenvalue weighted by atomic mass is 10.0. The van der Waals surface area contributed by atoms with Crippen molar-refractivity contribution in [3.05, 3.63) is 17.5 Å². The van der Waals surface area contributed by atoms with Gasteiger partial charge in [0, 0.05) is 13.6 Å². The van der Waals surface area contributed by atoms with E-state index in [0.717, 1.165) is 0 Å². The number of carboxylic acid groups (broad SMARTS) is 1. The Morgan fingerprint density at radius 1 is 1.56 bits per heavy atom. The van der Waals surface area contributed by atoms with E-state index < -0.39 is 17.7 Å². The molecule has 1 heterocycles. The predicted octanol–water partition coefficient (Wildman–Crippen LogP) is 1.22. The Labute approximate surface area is 102 Å². The van der Waals surface area contributed by atoms with E-state index in [9.17, 15) is 18.0 Å². The van der Waals surface area contributed by atoms with E-state index in [1.165, 1.54) is 4.68 Å². The van der Waals surface area contributed by atoms with Crippen molar-refractivity contribution in [1.82, 2.24) is 15.1 Å². The molecule has 0 amide bonds. The lowest BCUT2D eigenvalue weighted by Gasteiger charge is -2.28. The number of carbonyl (C=O) groups is 1.